The molecule has 0 saturated heterocycles. The first-order chi connectivity index (χ1) is 8.36. The second-order valence-corrected chi connectivity index (χ2v) is 4.15. The van der Waals surface area contributed by atoms with E-state index < -0.39 is 30.4 Å². The van der Waals surface area contributed by atoms with Crippen molar-refractivity contribution in [2.24, 2.45) is 0 Å². The molecule has 0 aliphatic rings. The lowest BCUT2D eigenvalue weighted by atomic mass is 10.1. The number of hydrogen-bond acceptors (Lipinski definition) is 3. The monoisotopic (exact) mass is 260 g/mol. The maximum Gasteiger partial charge on any atom is 0.326 e. The van der Waals surface area contributed by atoms with Crippen molar-refractivity contribution in [3.8, 4) is 0 Å². The van der Waals surface area contributed by atoms with E-state index in [9.17, 15) is 14.4 Å². The van der Waals surface area contributed by atoms with Crippen LogP contribution < -0.4 is 10.6 Å². The van der Waals surface area contributed by atoms with Gasteiger partial charge in [-0.05, 0) is 13.3 Å². The Balaban J connectivity index is 4.17. The number of aliphatic carboxylic acids is 2. The van der Waals surface area contributed by atoms with Crippen molar-refractivity contribution in [2.45, 2.75) is 51.6 Å². The SMILES string of the molecule is CCCCC(C)NC(=O)N[C@@H](CC(=O)O)C(=O)O. The number of carboxylic acids is 2. The number of unbranched alkanes of at least 4 members (excludes halogenated alkanes) is 1. The zero-order valence-corrected chi connectivity index (χ0v) is 10.6. The Morgan fingerprint density at radius 3 is 2.22 bits per heavy atom. The zero-order valence-electron chi connectivity index (χ0n) is 10.6. The first-order valence-electron chi connectivity index (χ1n) is 5.88. The van der Waals surface area contributed by atoms with Crippen LogP contribution in [0.1, 0.15) is 39.5 Å². The van der Waals surface area contributed by atoms with Crippen LogP contribution in [0.3, 0.4) is 0 Å². The Morgan fingerprint density at radius 1 is 1.17 bits per heavy atom. The van der Waals surface area contributed by atoms with Crippen molar-refractivity contribution in [3.63, 3.8) is 0 Å². The van der Waals surface area contributed by atoms with Gasteiger partial charge in [0.25, 0.3) is 0 Å². The highest BCUT2D eigenvalue weighted by atomic mass is 16.4. The number of carbonyl (C=O) groups is 3. The van der Waals surface area contributed by atoms with Crippen LogP contribution >= 0.6 is 0 Å². The second-order valence-electron chi connectivity index (χ2n) is 4.15. The van der Waals surface area contributed by atoms with Crippen molar-refractivity contribution in [2.75, 3.05) is 0 Å². The molecule has 104 valence electrons. The van der Waals surface area contributed by atoms with Crippen molar-refractivity contribution in [1.29, 1.82) is 0 Å². The minimum absolute atomic E-state index is 0.0794. The van der Waals surface area contributed by atoms with Gasteiger partial charge < -0.3 is 20.8 Å². The van der Waals surface area contributed by atoms with Crippen molar-refractivity contribution < 1.29 is 24.6 Å². The smallest absolute Gasteiger partial charge is 0.326 e. The number of carbonyl (C=O) groups excluding carboxylic acids is 1. The lowest BCUT2D eigenvalue weighted by molar-refractivity contribution is -0.145. The molecule has 1 unspecified atom stereocenters. The quantitative estimate of drug-likeness (QED) is 0.515. The van der Waals surface area contributed by atoms with E-state index in [0.717, 1.165) is 19.3 Å². The molecule has 0 heterocycles. The van der Waals surface area contributed by atoms with Gasteiger partial charge in [-0.2, -0.15) is 0 Å². The highest BCUT2D eigenvalue weighted by Gasteiger charge is 2.23. The summed E-state index contributed by atoms with van der Waals surface area (Å²) in [4.78, 5) is 32.6. The van der Waals surface area contributed by atoms with Gasteiger partial charge in [-0.3, -0.25) is 4.79 Å². The van der Waals surface area contributed by atoms with Gasteiger partial charge in [0.1, 0.15) is 6.04 Å². The molecule has 7 heteroatoms. The minimum atomic E-state index is -1.42. The summed E-state index contributed by atoms with van der Waals surface area (Å²) in [6.07, 6.45) is 2.11. The third kappa shape index (κ3) is 7.48. The largest absolute Gasteiger partial charge is 0.481 e. The van der Waals surface area contributed by atoms with Gasteiger partial charge in [0.2, 0.25) is 0 Å². The standard InChI is InChI=1S/C11H20N2O5/c1-3-4-5-7(2)12-11(18)13-8(10(16)17)6-9(14)15/h7-8H,3-6H2,1-2H3,(H,14,15)(H,16,17)(H2,12,13,18)/t7?,8-/m0/s1. The average molecular weight is 260 g/mol. The van der Waals surface area contributed by atoms with Gasteiger partial charge in [0.05, 0.1) is 6.42 Å². The molecule has 0 spiro atoms. The van der Waals surface area contributed by atoms with Crippen LogP contribution in [0, 0.1) is 0 Å². The fourth-order valence-electron chi connectivity index (χ4n) is 1.38. The Hall–Kier alpha value is -1.79. The fourth-order valence-corrected chi connectivity index (χ4v) is 1.38. The third-order valence-corrected chi connectivity index (χ3v) is 2.35. The van der Waals surface area contributed by atoms with E-state index in [4.69, 9.17) is 10.2 Å². The summed E-state index contributed by atoms with van der Waals surface area (Å²) < 4.78 is 0. The summed E-state index contributed by atoms with van der Waals surface area (Å²) in [7, 11) is 0. The Labute approximate surface area is 106 Å². The van der Waals surface area contributed by atoms with Gasteiger partial charge >= 0.3 is 18.0 Å². The predicted molar refractivity (Wildman–Crippen MR) is 64.3 cm³/mol. The van der Waals surface area contributed by atoms with Gasteiger partial charge in [-0.15, -0.1) is 0 Å². The molecule has 0 radical (unpaired) electrons. The number of nitrogens with one attached hydrogen (secondary N) is 2. The van der Waals surface area contributed by atoms with E-state index in [2.05, 4.69) is 10.6 Å². The third-order valence-electron chi connectivity index (χ3n) is 2.35. The molecule has 0 rings (SSSR count). The first kappa shape index (κ1) is 16.2. The zero-order chi connectivity index (χ0) is 14.1. The molecule has 7 nitrogen and oxygen atoms in total. The first-order valence-corrected chi connectivity index (χ1v) is 5.88. The molecule has 4 N–H and O–H groups in total. The van der Waals surface area contributed by atoms with E-state index >= 15 is 0 Å². The fraction of sp³-hybridized carbons (Fsp3) is 0.727. The lowest BCUT2D eigenvalue weighted by Crippen LogP contribution is -2.49. The predicted octanol–water partition coefficient (Wildman–Crippen LogP) is 0.792. The van der Waals surface area contributed by atoms with Crippen LogP contribution in [0.4, 0.5) is 4.79 Å². The topological polar surface area (TPSA) is 116 Å². The van der Waals surface area contributed by atoms with E-state index in [0.29, 0.717) is 0 Å². The molecule has 0 saturated carbocycles. The summed E-state index contributed by atoms with van der Waals surface area (Å²) >= 11 is 0. The molecular formula is C11H20N2O5. The molecule has 0 aliphatic carbocycles. The molecule has 0 bridgehead atoms. The molecule has 0 aromatic rings. The second kappa shape index (κ2) is 8.32. The van der Waals surface area contributed by atoms with E-state index in [-0.39, 0.29) is 6.04 Å². The van der Waals surface area contributed by atoms with Crippen LogP contribution in [-0.2, 0) is 9.59 Å². The number of urea groups is 1. The number of amides is 2. The van der Waals surface area contributed by atoms with Gasteiger partial charge in [-0.1, -0.05) is 19.8 Å². The molecule has 2 amide bonds. The van der Waals surface area contributed by atoms with Gasteiger partial charge in [-0.25, -0.2) is 9.59 Å². The number of carboxylic acid groups (broad SMARTS) is 2. The van der Waals surface area contributed by atoms with Crippen LogP contribution in [0.15, 0.2) is 0 Å². The summed E-state index contributed by atoms with van der Waals surface area (Å²) in [6.45, 7) is 3.84. The molecule has 0 aromatic heterocycles. The van der Waals surface area contributed by atoms with Crippen molar-refractivity contribution in [3.05, 3.63) is 0 Å². The molecular weight excluding hydrogens is 240 g/mol. The summed E-state index contributed by atoms with van der Waals surface area (Å²) in [5.74, 6) is -2.64. The molecule has 18 heavy (non-hydrogen) atoms. The maximum atomic E-state index is 11.4. The number of rotatable bonds is 8. The van der Waals surface area contributed by atoms with Gasteiger partial charge in [0, 0.05) is 6.04 Å². The lowest BCUT2D eigenvalue weighted by Gasteiger charge is -2.17. The van der Waals surface area contributed by atoms with E-state index in [1.54, 1.807) is 0 Å². The summed E-state index contributed by atoms with van der Waals surface area (Å²) in [6, 6.07) is -2.16. The molecule has 0 fully saturated rings. The molecule has 2 atom stereocenters. The van der Waals surface area contributed by atoms with Crippen LogP contribution in [0.2, 0.25) is 0 Å². The van der Waals surface area contributed by atoms with E-state index in [1.165, 1.54) is 0 Å². The van der Waals surface area contributed by atoms with Crippen molar-refractivity contribution >= 4 is 18.0 Å². The van der Waals surface area contributed by atoms with Crippen molar-refractivity contribution in [1.82, 2.24) is 10.6 Å². The van der Waals surface area contributed by atoms with Crippen LogP contribution in [0.25, 0.3) is 0 Å². The van der Waals surface area contributed by atoms with Crippen LogP contribution in [0.5, 0.6) is 0 Å². The minimum Gasteiger partial charge on any atom is -0.481 e. The van der Waals surface area contributed by atoms with E-state index in [1.807, 2.05) is 13.8 Å². The maximum absolute atomic E-state index is 11.4. The highest BCUT2D eigenvalue weighted by molar-refractivity contribution is 5.86. The average Bonchev–Trinajstić information content (AvgIpc) is 2.24. The Bertz CT molecular complexity index is 306. The van der Waals surface area contributed by atoms with Crippen LogP contribution in [-0.4, -0.2) is 40.3 Å². The number of hydrogen-bond donors (Lipinski definition) is 4. The molecule has 0 aromatic carbocycles. The normalized spacial score (nSPS) is 13.4. The summed E-state index contributed by atoms with van der Waals surface area (Å²) in [5, 5.41) is 21.9. The highest BCUT2D eigenvalue weighted by Crippen LogP contribution is 1.99. The Kier molecular flexibility index (Phi) is 7.50. The molecule has 0 aliphatic heterocycles. The van der Waals surface area contributed by atoms with Gasteiger partial charge in [0.15, 0.2) is 0 Å². The summed E-state index contributed by atoms with van der Waals surface area (Å²) in [5.41, 5.74) is 0. The Morgan fingerprint density at radius 2 is 1.78 bits per heavy atom.